The first kappa shape index (κ1) is 24.7. The number of ether oxygens (including phenoxy) is 2. The quantitative estimate of drug-likeness (QED) is 0.397. The summed E-state index contributed by atoms with van der Waals surface area (Å²) in [7, 11) is -2.27. The number of rotatable bonds is 11. The number of primary sulfonamides is 1. The van der Waals surface area contributed by atoms with Gasteiger partial charge in [-0.05, 0) is 41.8 Å². The largest absolute Gasteiger partial charge is 0.493 e. The highest BCUT2D eigenvalue weighted by atomic mass is 32.2. The van der Waals surface area contributed by atoms with E-state index in [1.165, 1.54) is 6.07 Å². The first-order valence-electron chi connectivity index (χ1n) is 10.6. The summed E-state index contributed by atoms with van der Waals surface area (Å²) < 4.78 is 35.2. The molecule has 0 saturated carbocycles. The molecule has 0 heterocycles. The Morgan fingerprint density at radius 2 is 1.64 bits per heavy atom. The van der Waals surface area contributed by atoms with Crippen LogP contribution in [0.3, 0.4) is 0 Å². The third-order valence-corrected chi connectivity index (χ3v) is 6.33. The normalized spacial score (nSPS) is 13.3. The van der Waals surface area contributed by atoms with E-state index < -0.39 is 16.1 Å². The maximum atomic E-state index is 11.8. The third kappa shape index (κ3) is 7.03. The van der Waals surface area contributed by atoms with Crippen molar-refractivity contribution in [3.05, 3.63) is 89.5 Å². The molecule has 4 N–H and O–H groups in total. The lowest BCUT2D eigenvalue weighted by Crippen LogP contribution is -2.35. The van der Waals surface area contributed by atoms with Crippen LogP contribution in [0.4, 0.5) is 0 Å². The predicted octanol–water partition coefficient (Wildman–Crippen LogP) is 2.96. The molecule has 3 aromatic rings. The first-order chi connectivity index (χ1) is 15.8. The van der Waals surface area contributed by atoms with Crippen molar-refractivity contribution in [1.82, 2.24) is 5.32 Å². The summed E-state index contributed by atoms with van der Waals surface area (Å²) in [5.74, 6) is 1.28. The lowest BCUT2D eigenvalue weighted by molar-refractivity contribution is 0.155. The molecule has 7 nitrogen and oxygen atoms in total. The molecular formula is C25H30N2O5S. The summed E-state index contributed by atoms with van der Waals surface area (Å²) in [5.41, 5.74) is 2.13. The van der Waals surface area contributed by atoms with Gasteiger partial charge in [-0.2, -0.15) is 0 Å². The van der Waals surface area contributed by atoms with E-state index in [-0.39, 0.29) is 17.5 Å². The van der Waals surface area contributed by atoms with Crippen molar-refractivity contribution in [3.8, 4) is 11.5 Å². The van der Waals surface area contributed by atoms with Crippen LogP contribution >= 0.6 is 0 Å². The molecule has 2 unspecified atom stereocenters. The molecule has 0 bridgehead atoms. The highest BCUT2D eigenvalue weighted by molar-refractivity contribution is 7.89. The van der Waals surface area contributed by atoms with Crippen LogP contribution in [0.2, 0.25) is 0 Å². The van der Waals surface area contributed by atoms with Gasteiger partial charge in [0.05, 0.1) is 18.1 Å². The monoisotopic (exact) mass is 470 g/mol. The van der Waals surface area contributed by atoms with Gasteiger partial charge in [-0.3, -0.25) is 0 Å². The minimum Gasteiger partial charge on any atom is -0.493 e. The van der Waals surface area contributed by atoms with Gasteiger partial charge in [0.2, 0.25) is 10.0 Å². The van der Waals surface area contributed by atoms with Gasteiger partial charge in [0.15, 0.2) is 11.5 Å². The van der Waals surface area contributed by atoms with Crippen molar-refractivity contribution in [1.29, 1.82) is 0 Å². The molecule has 0 aromatic heterocycles. The molecule has 0 saturated heterocycles. The number of hydrogen-bond donors (Lipinski definition) is 3. The zero-order chi connectivity index (χ0) is 23.8. The number of nitrogens with one attached hydrogen (secondary N) is 1. The lowest BCUT2D eigenvalue weighted by atomic mass is 10.1. The van der Waals surface area contributed by atoms with Crippen LogP contribution in [-0.2, 0) is 16.4 Å². The Kier molecular flexibility index (Phi) is 8.46. The molecule has 176 valence electrons. The Labute approximate surface area is 195 Å². The zero-order valence-corrected chi connectivity index (χ0v) is 19.6. The maximum Gasteiger partial charge on any atom is 0.238 e. The van der Waals surface area contributed by atoms with Gasteiger partial charge < -0.3 is 19.9 Å². The Hall–Kier alpha value is -2.91. The van der Waals surface area contributed by atoms with Crippen LogP contribution in [0, 0.1) is 6.92 Å². The van der Waals surface area contributed by atoms with Gasteiger partial charge in [-0.1, -0.05) is 54.6 Å². The van der Waals surface area contributed by atoms with Gasteiger partial charge in [-0.25, -0.2) is 13.6 Å². The molecule has 0 amide bonds. The average Bonchev–Trinajstić information content (AvgIpc) is 2.79. The van der Waals surface area contributed by atoms with Crippen molar-refractivity contribution >= 4 is 10.0 Å². The van der Waals surface area contributed by atoms with Gasteiger partial charge in [0.1, 0.15) is 6.10 Å². The maximum absolute atomic E-state index is 11.8. The second-order valence-corrected chi connectivity index (χ2v) is 9.35. The summed E-state index contributed by atoms with van der Waals surface area (Å²) >= 11 is 0. The van der Waals surface area contributed by atoms with E-state index in [2.05, 4.69) is 5.32 Å². The van der Waals surface area contributed by atoms with Crippen LogP contribution in [0.5, 0.6) is 11.5 Å². The molecule has 0 spiro atoms. The van der Waals surface area contributed by atoms with Gasteiger partial charge in [-0.15, -0.1) is 0 Å². The third-order valence-electron chi connectivity index (χ3n) is 5.28. The number of nitrogens with two attached hydrogens (primary N) is 1. The molecular weight excluding hydrogens is 440 g/mol. The smallest absolute Gasteiger partial charge is 0.238 e. The van der Waals surface area contributed by atoms with Crippen LogP contribution in [0.15, 0.2) is 77.7 Å². The molecule has 8 heteroatoms. The molecule has 0 aliphatic carbocycles. The van der Waals surface area contributed by atoms with Crippen molar-refractivity contribution in [2.75, 3.05) is 20.2 Å². The molecule has 2 atom stereocenters. The molecule has 3 rings (SSSR count). The Balaban J connectivity index is 1.69. The highest BCUT2D eigenvalue weighted by Crippen LogP contribution is 2.27. The average molecular weight is 471 g/mol. The summed E-state index contributed by atoms with van der Waals surface area (Å²) in [6.07, 6.45) is -0.481. The minimum absolute atomic E-state index is 0.0144. The Morgan fingerprint density at radius 1 is 0.970 bits per heavy atom. The standard InChI is InChI=1S/C25H30N2O5S/c1-18-12-13-20(15-25(18)33(26,29)30)22(28)17-27-16-21(14-19-8-4-3-5-9-19)32-24-11-7-6-10-23(24)31-2/h3-13,15,21-22,27-28H,14,16-17H2,1-2H3,(H2,26,29,30). The Morgan fingerprint density at radius 3 is 2.30 bits per heavy atom. The number of methoxy groups -OCH3 is 1. The van der Waals surface area contributed by atoms with Gasteiger partial charge in [0, 0.05) is 19.5 Å². The summed E-state index contributed by atoms with van der Waals surface area (Å²) in [6.45, 7) is 2.34. The van der Waals surface area contributed by atoms with Crippen molar-refractivity contribution in [2.24, 2.45) is 5.14 Å². The molecule has 0 radical (unpaired) electrons. The van der Waals surface area contributed by atoms with E-state index in [1.807, 2.05) is 54.6 Å². The van der Waals surface area contributed by atoms with Crippen LogP contribution in [-0.4, -0.2) is 39.8 Å². The SMILES string of the molecule is COc1ccccc1OC(CNCC(O)c1ccc(C)c(S(N)(=O)=O)c1)Cc1ccccc1. The topological polar surface area (TPSA) is 111 Å². The number of aryl methyl sites for hydroxylation is 1. The Bertz CT molecular complexity index is 1150. The fourth-order valence-corrected chi connectivity index (χ4v) is 4.37. The molecule has 0 aliphatic rings. The fourth-order valence-electron chi connectivity index (χ4n) is 3.56. The highest BCUT2D eigenvalue weighted by Gasteiger charge is 2.18. The van der Waals surface area contributed by atoms with Crippen molar-refractivity contribution in [2.45, 2.75) is 30.4 Å². The molecule has 0 aliphatic heterocycles. The summed E-state index contributed by atoms with van der Waals surface area (Å²) in [4.78, 5) is 0.0144. The van der Waals surface area contributed by atoms with E-state index in [1.54, 1.807) is 26.2 Å². The van der Waals surface area contributed by atoms with E-state index in [9.17, 15) is 13.5 Å². The van der Waals surface area contributed by atoms with Crippen molar-refractivity contribution < 1.29 is 23.0 Å². The van der Waals surface area contributed by atoms with Crippen LogP contribution in [0.25, 0.3) is 0 Å². The molecule has 33 heavy (non-hydrogen) atoms. The molecule has 0 fully saturated rings. The lowest BCUT2D eigenvalue weighted by Gasteiger charge is -2.22. The second kappa shape index (κ2) is 11.3. The summed E-state index contributed by atoms with van der Waals surface area (Å²) in [5, 5.41) is 19.1. The van der Waals surface area contributed by atoms with Crippen molar-refractivity contribution in [3.63, 3.8) is 0 Å². The van der Waals surface area contributed by atoms with Crippen LogP contribution < -0.4 is 19.9 Å². The minimum atomic E-state index is -3.86. The number of aliphatic hydroxyl groups excluding tert-OH is 1. The zero-order valence-electron chi connectivity index (χ0n) is 18.8. The number of para-hydroxylation sites is 2. The number of sulfonamides is 1. The first-order valence-corrected chi connectivity index (χ1v) is 12.2. The fraction of sp³-hybridized carbons (Fsp3) is 0.280. The van der Waals surface area contributed by atoms with E-state index >= 15 is 0 Å². The predicted molar refractivity (Wildman–Crippen MR) is 128 cm³/mol. The van der Waals surface area contributed by atoms with E-state index in [0.29, 0.717) is 35.6 Å². The van der Waals surface area contributed by atoms with Gasteiger partial charge >= 0.3 is 0 Å². The molecule has 3 aromatic carbocycles. The van der Waals surface area contributed by atoms with Crippen LogP contribution in [0.1, 0.15) is 22.8 Å². The second-order valence-electron chi connectivity index (χ2n) is 7.82. The summed E-state index contributed by atoms with van der Waals surface area (Å²) in [6, 6.07) is 22.2. The number of hydrogen-bond acceptors (Lipinski definition) is 6. The van der Waals surface area contributed by atoms with Gasteiger partial charge in [0.25, 0.3) is 0 Å². The number of aliphatic hydroxyl groups is 1. The van der Waals surface area contributed by atoms with E-state index in [4.69, 9.17) is 14.6 Å². The van der Waals surface area contributed by atoms with E-state index in [0.717, 1.165) is 5.56 Å². The number of benzene rings is 3.